The molecule has 0 aliphatic carbocycles. The van der Waals surface area contributed by atoms with E-state index in [0.717, 1.165) is 12.0 Å². The summed E-state index contributed by atoms with van der Waals surface area (Å²) in [7, 11) is 3.85. The lowest BCUT2D eigenvalue weighted by molar-refractivity contribution is 0.102. The summed E-state index contributed by atoms with van der Waals surface area (Å²) < 4.78 is 0. The highest BCUT2D eigenvalue weighted by Crippen LogP contribution is 2.15. The molecule has 0 saturated carbocycles. The van der Waals surface area contributed by atoms with Gasteiger partial charge in [-0.1, -0.05) is 6.07 Å². The number of aldehydes is 1. The van der Waals surface area contributed by atoms with Gasteiger partial charge in [-0.3, -0.25) is 9.59 Å². The third-order valence-corrected chi connectivity index (χ3v) is 2.93. The Bertz CT molecular complexity index is 619. The Morgan fingerprint density at radius 1 is 1.10 bits per heavy atom. The Kier molecular flexibility index (Phi) is 4.15. The first-order chi connectivity index (χ1) is 9.60. The van der Waals surface area contributed by atoms with Crippen molar-refractivity contribution in [2.75, 3.05) is 24.3 Å². The third-order valence-electron chi connectivity index (χ3n) is 2.93. The van der Waals surface area contributed by atoms with Crippen molar-refractivity contribution in [2.45, 2.75) is 0 Å². The predicted octanol–water partition coefficient (Wildman–Crippen LogP) is 2.82. The van der Waals surface area contributed by atoms with Crippen molar-refractivity contribution in [3.63, 3.8) is 0 Å². The van der Waals surface area contributed by atoms with Gasteiger partial charge in [0.15, 0.2) is 0 Å². The van der Waals surface area contributed by atoms with Crippen LogP contribution in [-0.2, 0) is 0 Å². The van der Waals surface area contributed by atoms with Gasteiger partial charge in [0.05, 0.1) is 0 Å². The molecule has 0 heterocycles. The van der Waals surface area contributed by atoms with Crippen LogP contribution in [0, 0.1) is 0 Å². The van der Waals surface area contributed by atoms with Gasteiger partial charge in [0.1, 0.15) is 6.29 Å². The fraction of sp³-hybridized carbons (Fsp3) is 0.125. The van der Waals surface area contributed by atoms with E-state index < -0.39 is 0 Å². The van der Waals surface area contributed by atoms with Crippen LogP contribution in [0.3, 0.4) is 0 Å². The van der Waals surface area contributed by atoms with Crippen LogP contribution in [0.2, 0.25) is 0 Å². The van der Waals surface area contributed by atoms with Gasteiger partial charge in [0.2, 0.25) is 0 Å². The average Bonchev–Trinajstić information content (AvgIpc) is 2.48. The van der Waals surface area contributed by atoms with E-state index in [4.69, 9.17) is 0 Å². The van der Waals surface area contributed by atoms with Crippen molar-refractivity contribution in [3.05, 3.63) is 59.7 Å². The van der Waals surface area contributed by atoms with Crippen LogP contribution in [0.1, 0.15) is 20.7 Å². The average molecular weight is 268 g/mol. The summed E-state index contributed by atoms with van der Waals surface area (Å²) in [5.74, 6) is -0.174. The molecule has 20 heavy (non-hydrogen) atoms. The summed E-state index contributed by atoms with van der Waals surface area (Å²) in [6, 6.07) is 14.1. The fourth-order valence-electron chi connectivity index (χ4n) is 1.77. The molecule has 0 unspecified atom stereocenters. The Hall–Kier alpha value is -2.62. The predicted molar refractivity (Wildman–Crippen MR) is 80.6 cm³/mol. The minimum Gasteiger partial charge on any atom is -0.378 e. The van der Waals surface area contributed by atoms with Crippen molar-refractivity contribution in [2.24, 2.45) is 0 Å². The number of carbonyl (C=O) groups excluding carboxylic acids is 2. The summed E-state index contributed by atoms with van der Waals surface area (Å²) in [4.78, 5) is 24.7. The maximum atomic E-state index is 12.1. The number of amides is 1. The first kappa shape index (κ1) is 13.8. The molecule has 4 nitrogen and oxygen atoms in total. The minimum absolute atomic E-state index is 0.174. The van der Waals surface area contributed by atoms with Crippen LogP contribution < -0.4 is 10.2 Å². The molecule has 0 spiro atoms. The molecule has 4 heteroatoms. The van der Waals surface area contributed by atoms with E-state index >= 15 is 0 Å². The summed E-state index contributed by atoms with van der Waals surface area (Å²) in [6.45, 7) is 0. The van der Waals surface area contributed by atoms with Crippen LogP contribution >= 0.6 is 0 Å². The second-order valence-electron chi connectivity index (χ2n) is 4.64. The van der Waals surface area contributed by atoms with Crippen molar-refractivity contribution in [1.82, 2.24) is 0 Å². The summed E-state index contributed by atoms with van der Waals surface area (Å²) in [5.41, 5.74) is 2.80. The van der Waals surface area contributed by atoms with Crippen LogP contribution in [0.4, 0.5) is 11.4 Å². The molecule has 0 fully saturated rings. The number of hydrogen-bond acceptors (Lipinski definition) is 3. The number of nitrogens with one attached hydrogen (secondary N) is 1. The summed E-state index contributed by atoms with van der Waals surface area (Å²) in [6.07, 6.45) is 0.770. The van der Waals surface area contributed by atoms with E-state index in [1.165, 1.54) is 0 Å². The normalized spacial score (nSPS) is 9.90. The molecule has 102 valence electrons. The lowest BCUT2D eigenvalue weighted by Crippen LogP contribution is -2.14. The molecule has 2 aromatic carbocycles. The quantitative estimate of drug-likeness (QED) is 0.867. The minimum atomic E-state index is -0.174. The number of rotatable bonds is 4. The molecule has 1 amide bonds. The topological polar surface area (TPSA) is 49.4 Å². The molecular weight excluding hydrogens is 252 g/mol. The van der Waals surface area contributed by atoms with E-state index in [0.29, 0.717) is 16.8 Å². The van der Waals surface area contributed by atoms with E-state index in [9.17, 15) is 9.59 Å². The van der Waals surface area contributed by atoms with Gasteiger partial charge in [0.25, 0.3) is 5.91 Å². The van der Waals surface area contributed by atoms with Gasteiger partial charge in [-0.25, -0.2) is 0 Å². The Morgan fingerprint density at radius 2 is 1.80 bits per heavy atom. The molecule has 0 saturated heterocycles. The van der Waals surface area contributed by atoms with Gasteiger partial charge < -0.3 is 10.2 Å². The van der Waals surface area contributed by atoms with Gasteiger partial charge >= 0.3 is 0 Å². The van der Waals surface area contributed by atoms with Crippen molar-refractivity contribution >= 4 is 23.6 Å². The molecule has 2 rings (SSSR count). The summed E-state index contributed by atoms with van der Waals surface area (Å²) in [5, 5.41) is 2.80. The Balaban J connectivity index is 2.14. The molecule has 2 aromatic rings. The van der Waals surface area contributed by atoms with Gasteiger partial charge in [-0.2, -0.15) is 0 Å². The lowest BCUT2D eigenvalue weighted by atomic mass is 10.1. The Labute approximate surface area is 118 Å². The maximum Gasteiger partial charge on any atom is 0.255 e. The SMILES string of the molecule is CN(C)c1cccc(C(=O)Nc2ccc(C=O)cc2)c1. The zero-order chi connectivity index (χ0) is 14.5. The molecule has 0 aromatic heterocycles. The first-order valence-corrected chi connectivity index (χ1v) is 6.24. The second-order valence-corrected chi connectivity index (χ2v) is 4.64. The highest BCUT2D eigenvalue weighted by molar-refractivity contribution is 6.04. The van der Waals surface area contributed by atoms with Gasteiger partial charge in [-0.15, -0.1) is 0 Å². The standard InChI is InChI=1S/C16H16N2O2/c1-18(2)15-5-3-4-13(10-15)16(20)17-14-8-6-12(11-19)7-9-14/h3-11H,1-2H3,(H,17,20). The largest absolute Gasteiger partial charge is 0.378 e. The summed E-state index contributed by atoms with van der Waals surface area (Å²) >= 11 is 0. The molecule has 0 aliphatic heterocycles. The van der Waals surface area contributed by atoms with Crippen molar-refractivity contribution in [1.29, 1.82) is 0 Å². The third kappa shape index (κ3) is 3.23. The van der Waals surface area contributed by atoms with Crippen LogP contribution in [-0.4, -0.2) is 26.3 Å². The van der Waals surface area contributed by atoms with E-state index in [1.807, 2.05) is 37.2 Å². The van der Waals surface area contributed by atoms with Crippen LogP contribution in [0.25, 0.3) is 0 Å². The number of nitrogens with zero attached hydrogens (tertiary/aromatic N) is 1. The number of benzene rings is 2. The van der Waals surface area contributed by atoms with E-state index in [-0.39, 0.29) is 5.91 Å². The highest BCUT2D eigenvalue weighted by atomic mass is 16.1. The molecule has 0 radical (unpaired) electrons. The zero-order valence-electron chi connectivity index (χ0n) is 11.5. The van der Waals surface area contributed by atoms with Gasteiger partial charge in [0, 0.05) is 36.6 Å². The number of hydrogen-bond donors (Lipinski definition) is 1. The first-order valence-electron chi connectivity index (χ1n) is 6.24. The molecule has 0 atom stereocenters. The van der Waals surface area contributed by atoms with Crippen LogP contribution in [0.15, 0.2) is 48.5 Å². The molecular formula is C16H16N2O2. The molecule has 1 N–H and O–H groups in total. The monoisotopic (exact) mass is 268 g/mol. The highest BCUT2D eigenvalue weighted by Gasteiger charge is 2.07. The van der Waals surface area contributed by atoms with Crippen molar-refractivity contribution in [3.8, 4) is 0 Å². The molecule has 0 aliphatic rings. The molecule has 0 bridgehead atoms. The zero-order valence-corrected chi connectivity index (χ0v) is 11.5. The van der Waals surface area contributed by atoms with Crippen LogP contribution in [0.5, 0.6) is 0 Å². The lowest BCUT2D eigenvalue weighted by Gasteiger charge is -2.13. The Morgan fingerprint density at radius 3 is 2.40 bits per heavy atom. The number of anilines is 2. The van der Waals surface area contributed by atoms with E-state index in [1.54, 1.807) is 30.3 Å². The fourth-order valence-corrected chi connectivity index (χ4v) is 1.77. The second kappa shape index (κ2) is 6.02. The number of carbonyl (C=O) groups is 2. The van der Waals surface area contributed by atoms with E-state index in [2.05, 4.69) is 5.32 Å². The maximum absolute atomic E-state index is 12.1. The smallest absolute Gasteiger partial charge is 0.255 e. The van der Waals surface area contributed by atoms with Crippen molar-refractivity contribution < 1.29 is 9.59 Å². The van der Waals surface area contributed by atoms with Gasteiger partial charge in [-0.05, 0) is 42.5 Å².